The van der Waals surface area contributed by atoms with Crippen LogP contribution in [-0.4, -0.2) is 3.21 Å². The molecule has 0 N–H and O–H groups in total. The van der Waals surface area contributed by atoms with Gasteiger partial charge >= 0.3 is 120 Å². The summed E-state index contributed by atoms with van der Waals surface area (Å²) < 4.78 is 1.26. The Bertz CT molecular complexity index is 1810. The molecule has 0 nitrogen and oxygen atoms in total. The van der Waals surface area contributed by atoms with Gasteiger partial charge in [-0.3, -0.25) is 6.08 Å². The van der Waals surface area contributed by atoms with Gasteiger partial charge in [0.05, 0.1) is 0 Å². The molecule has 0 amide bonds. The topological polar surface area (TPSA) is 0 Å². The van der Waals surface area contributed by atoms with Crippen LogP contribution >= 0.6 is 23.2 Å². The van der Waals surface area contributed by atoms with Crippen molar-refractivity contribution in [2.75, 3.05) is 0 Å². The molecule has 0 aromatic heterocycles. The van der Waals surface area contributed by atoms with E-state index in [0.29, 0.717) is 11.3 Å². The second-order valence-corrected chi connectivity index (χ2v) is 18.9. The van der Waals surface area contributed by atoms with Crippen molar-refractivity contribution in [1.29, 1.82) is 0 Å². The molecule has 0 fully saturated rings. The molecule has 0 aliphatic heterocycles. The van der Waals surface area contributed by atoms with Crippen LogP contribution < -0.4 is 24.8 Å². The zero-order valence-corrected chi connectivity index (χ0v) is 38.5. The van der Waals surface area contributed by atoms with Crippen molar-refractivity contribution >= 4 is 26.4 Å². The molecule has 1 unspecified atom stereocenters. The molecule has 2 aliphatic carbocycles. The van der Waals surface area contributed by atoms with Gasteiger partial charge < -0.3 is 24.8 Å². The van der Waals surface area contributed by atoms with E-state index in [1.54, 1.807) is 0 Å². The van der Waals surface area contributed by atoms with Gasteiger partial charge in [0.1, 0.15) is 0 Å². The van der Waals surface area contributed by atoms with Gasteiger partial charge in [0.25, 0.3) is 0 Å². The summed E-state index contributed by atoms with van der Waals surface area (Å²) in [4.78, 5) is 0. The number of allylic oxidation sites excluding steroid dienone is 4. The van der Waals surface area contributed by atoms with E-state index < -0.39 is 0 Å². The van der Waals surface area contributed by atoms with Gasteiger partial charge in [-0.1, -0.05) is 117 Å². The Morgan fingerprint density at radius 2 is 1.25 bits per heavy atom. The zero-order chi connectivity index (χ0) is 37.2. The fourth-order valence-corrected chi connectivity index (χ4v) is 7.83. The molecule has 1 atom stereocenters. The number of rotatable bonds is 3. The van der Waals surface area contributed by atoms with Crippen LogP contribution in [0.4, 0.5) is 0 Å². The van der Waals surface area contributed by atoms with Gasteiger partial charge in [-0.2, -0.15) is 29.3 Å². The standard InChI is InChI=1S/C23H29.C13H8Cl2.C11H17.2ClH.Zr/c1-14-9-16-11-17-10-15(2)21(23(6,7)8)13-19(17)18(16)12-20(14)22(3,4)5;14-12-5-1-3-10(8-12)7-11-4-2-6-13(15)9-11;1-5-9-6-7-10(8-9)11(2,3)4;;;/h9,12-13H,11H2,1-8H3;1-6,8-9H;7-9H,5H2,1-4H3;2*1H;/q-1;;-1;;;+2/p-2. The third kappa shape index (κ3) is 11.9. The normalized spacial score (nSPS) is 14.4. The van der Waals surface area contributed by atoms with Crippen LogP contribution in [-0.2, 0) is 41.5 Å². The van der Waals surface area contributed by atoms with E-state index in [0.717, 1.165) is 27.6 Å². The summed E-state index contributed by atoms with van der Waals surface area (Å²) in [7, 11) is 0. The molecule has 0 saturated heterocycles. The Labute approximate surface area is 353 Å². The van der Waals surface area contributed by atoms with Crippen LogP contribution in [0.2, 0.25) is 10.0 Å². The van der Waals surface area contributed by atoms with Crippen molar-refractivity contribution in [3.8, 4) is 11.1 Å². The van der Waals surface area contributed by atoms with E-state index in [9.17, 15) is 0 Å². The molecular formula is C47H54Cl4Zr-2. The molecule has 0 radical (unpaired) electrons. The number of hydrogen-bond acceptors (Lipinski definition) is 0. The smallest absolute Gasteiger partial charge is 1.00 e. The number of halogens is 4. The molecule has 0 bridgehead atoms. The quantitative estimate of drug-likeness (QED) is 0.163. The summed E-state index contributed by atoms with van der Waals surface area (Å²) in [5, 5.41) is 1.53. The van der Waals surface area contributed by atoms with Gasteiger partial charge in [-0.05, 0) is 35.4 Å². The molecule has 0 spiro atoms. The Balaban J connectivity index is 0.000000283. The minimum atomic E-state index is 0. The SMILES string of the molecule is CCC1[C-]=CC(C(C)(C)C)=C1.Cc1[c-]c2c(cc1C(C)(C)C)-c1cc(C(C)(C)C)c(C)cc1C2.Clc1cccc([C](=[Zr+2])c2cccc(Cl)c2)c1.[Cl-].[Cl-]. The molecule has 4 aromatic carbocycles. The van der Waals surface area contributed by atoms with Gasteiger partial charge in [-0.25, -0.2) is 6.08 Å². The fourth-order valence-electron chi connectivity index (χ4n) is 6.69. The summed E-state index contributed by atoms with van der Waals surface area (Å²) in [6, 6.07) is 26.7. The van der Waals surface area contributed by atoms with Crippen LogP contribution in [0.15, 0.2) is 84.5 Å². The molecule has 52 heavy (non-hydrogen) atoms. The van der Waals surface area contributed by atoms with Crippen molar-refractivity contribution in [2.24, 2.45) is 11.3 Å². The summed E-state index contributed by atoms with van der Waals surface area (Å²) in [5.41, 5.74) is 15.7. The maximum atomic E-state index is 5.98. The first-order chi connectivity index (χ1) is 23.2. The van der Waals surface area contributed by atoms with Crippen molar-refractivity contribution in [3.05, 3.63) is 151 Å². The first-order valence-corrected chi connectivity index (χ1v) is 19.8. The van der Waals surface area contributed by atoms with Gasteiger partial charge in [0.2, 0.25) is 0 Å². The third-order valence-corrected chi connectivity index (χ3v) is 11.3. The Morgan fingerprint density at radius 3 is 1.67 bits per heavy atom. The first-order valence-electron chi connectivity index (χ1n) is 17.8. The Morgan fingerprint density at radius 1 is 0.731 bits per heavy atom. The number of aryl methyl sites for hydroxylation is 2. The van der Waals surface area contributed by atoms with E-state index in [1.807, 2.05) is 36.4 Å². The van der Waals surface area contributed by atoms with E-state index in [-0.39, 0.29) is 35.6 Å². The van der Waals surface area contributed by atoms with Crippen molar-refractivity contribution < 1.29 is 49.0 Å². The van der Waals surface area contributed by atoms with Gasteiger partial charge in [0, 0.05) is 0 Å². The maximum Gasteiger partial charge on any atom is -1.00 e. The summed E-state index contributed by atoms with van der Waals surface area (Å²) in [6.07, 6.45) is 10.0. The third-order valence-electron chi connectivity index (χ3n) is 9.45. The zero-order valence-electron chi connectivity index (χ0n) is 33.0. The summed E-state index contributed by atoms with van der Waals surface area (Å²) in [6.45, 7) is 27.2. The second-order valence-electron chi connectivity index (χ2n) is 16.8. The van der Waals surface area contributed by atoms with Crippen molar-refractivity contribution in [1.82, 2.24) is 0 Å². The predicted octanol–water partition coefficient (Wildman–Crippen LogP) is 7.74. The molecular weight excluding hydrogens is 798 g/mol. The van der Waals surface area contributed by atoms with E-state index in [1.165, 1.54) is 83.9 Å². The fraction of sp³-hybridized carbons (Fsp3) is 0.383. The molecule has 276 valence electrons. The van der Waals surface area contributed by atoms with Crippen LogP contribution in [0.3, 0.4) is 0 Å². The monoisotopic (exact) mass is 848 g/mol. The summed E-state index contributed by atoms with van der Waals surface area (Å²) in [5.74, 6) is 0.573. The van der Waals surface area contributed by atoms with E-state index in [4.69, 9.17) is 23.2 Å². The molecule has 6 rings (SSSR count). The van der Waals surface area contributed by atoms with Gasteiger partial charge in [0.15, 0.2) is 0 Å². The van der Waals surface area contributed by atoms with E-state index in [2.05, 4.69) is 138 Å². The molecule has 0 heterocycles. The van der Waals surface area contributed by atoms with Crippen molar-refractivity contribution in [3.63, 3.8) is 0 Å². The number of benzene rings is 4. The predicted molar refractivity (Wildman–Crippen MR) is 216 cm³/mol. The average Bonchev–Trinajstić information content (AvgIpc) is 3.64. The number of fused-ring (bicyclic) bond motifs is 3. The van der Waals surface area contributed by atoms with Crippen LogP contribution in [0.25, 0.3) is 11.1 Å². The van der Waals surface area contributed by atoms with Crippen LogP contribution in [0.5, 0.6) is 0 Å². The minimum absolute atomic E-state index is 0. The second kappa shape index (κ2) is 18.7. The molecule has 5 heteroatoms. The molecule has 0 saturated carbocycles. The summed E-state index contributed by atoms with van der Waals surface area (Å²) >= 11 is 13.3. The van der Waals surface area contributed by atoms with Crippen molar-refractivity contribution in [2.45, 2.75) is 107 Å². The number of hydrogen-bond donors (Lipinski definition) is 0. The average molecular weight is 852 g/mol. The van der Waals surface area contributed by atoms with E-state index >= 15 is 0 Å². The molecule has 4 aromatic rings. The largest absolute Gasteiger partial charge is 1.00 e. The Kier molecular flexibility index (Phi) is 16.7. The van der Waals surface area contributed by atoms with Crippen LogP contribution in [0.1, 0.15) is 120 Å². The molecule has 2 aliphatic rings. The maximum absolute atomic E-state index is 5.98. The first kappa shape index (κ1) is 46.4. The minimum Gasteiger partial charge on any atom is -1.00 e. The van der Waals surface area contributed by atoms with Crippen LogP contribution in [0, 0.1) is 37.3 Å². The Hall–Kier alpha value is -1.73. The van der Waals surface area contributed by atoms with Gasteiger partial charge in [-0.15, -0.1) is 16.7 Å².